The van der Waals surface area contributed by atoms with Crippen LogP contribution >= 0.6 is 0 Å². The van der Waals surface area contributed by atoms with Gasteiger partial charge in [-0.1, -0.05) is 24.3 Å². The lowest BCUT2D eigenvalue weighted by molar-refractivity contribution is -0.128. The molecule has 0 aliphatic carbocycles. The van der Waals surface area contributed by atoms with Crippen LogP contribution in [0.4, 0.5) is 4.79 Å². The first-order valence-corrected chi connectivity index (χ1v) is 5.14. The summed E-state index contributed by atoms with van der Waals surface area (Å²) < 4.78 is 0. The number of urea groups is 1. The minimum Gasteiger partial charge on any atom is -0.306 e. The first-order chi connectivity index (χ1) is 7.68. The maximum atomic E-state index is 11.7. The van der Waals surface area contributed by atoms with E-state index in [1.807, 2.05) is 24.3 Å². The predicted octanol–water partition coefficient (Wildman–Crippen LogP) is 0.249. The topological polar surface area (TPSA) is 66.6 Å². The van der Waals surface area contributed by atoms with Crippen LogP contribution in [0.2, 0.25) is 0 Å². The highest BCUT2D eigenvalue weighted by Crippen LogP contribution is 2.28. The van der Waals surface area contributed by atoms with Gasteiger partial charge in [-0.05, 0) is 11.1 Å². The van der Waals surface area contributed by atoms with Gasteiger partial charge < -0.3 is 4.90 Å². The average Bonchev–Trinajstić information content (AvgIpc) is 2.52. The van der Waals surface area contributed by atoms with E-state index in [1.54, 1.807) is 0 Å². The number of rotatable bonds is 0. The van der Waals surface area contributed by atoms with Gasteiger partial charge in [0.25, 0.3) is 5.91 Å². The smallest absolute Gasteiger partial charge is 0.306 e. The highest BCUT2D eigenvalue weighted by molar-refractivity contribution is 6.03. The van der Waals surface area contributed by atoms with Gasteiger partial charge in [0.05, 0.1) is 0 Å². The Labute approximate surface area is 92.4 Å². The molecular weight excluding hydrogens is 206 g/mol. The van der Waals surface area contributed by atoms with E-state index in [1.165, 1.54) is 4.90 Å². The Morgan fingerprint density at radius 1 is 1.19 bits per heavy atom. The maximum absolute atomic E-state index is 11.7. The zero-order chi connectivity index (χ0) is 11.3. The minimum atomic E-state index is -0.410. The second-order valence-corrected chi connectivity index (χ2v) is 4.11. The van der Waals surface area contributed by atoms with E-state index in [-0.39, 0.29) is 5.91 Å². The number of carbonyl (C=O) groups excluding carboxylic acids is 2. The van der Waals surface area contributed by atoms with E-state index in [2.05, 4.69) is 0 Å². The summed E-state index contributed by atoms with van der Waals surface area (Å²) in [6, 6.07) is 7.03. The van der Waals surface area contributed by atoms with Gasteiger partial charge in [0.2, 0.25) is 0 Å². The molecule has 1 fully saturated rings. The molecule has 2 heterocycles. The van der Waals surface area contributed by atoms with Gasteiger partial charge in [-0.15, -0.1) is 0 Å². The summed E-state index contributed by atoms with van der Waals surface area (Å²) >= 11 is 0. The number of imide groups is 1. The van der Waals surface area contributed by atoms with Gasteiger partial charge in [-0.3, -0.25) is 4.79 Å². The van der Waals surface area contributed by atoms with Crippen molar-refractivity contribution in [2.45, 2.75) is 19.0 Å². The molecule has 0 saturated carbocycles. The molecule has 82 valence electrons. The van der Waals surface area contributed by atoms with Gasteiger partial charge in [0.15, 0.2) is 0 Å². The Hall–Kier alpha value is -1.88. The van der Waals surface area contributed by atoms with Crippen molar-refractivity contribution in [3.05, 3.63) is 35.4 Å². The number of hydrogen-bond acceptors (Lipinski definition) is 3. The third kappa shape index (κ3) is 1.09. The van der Waals surface area contributed by atoms with Crippen LogP contribution in [-0.2, 0) is 17.8 Å². The summed E-state index contributed by atoms with van der Waals surface area (Å²) in [7, 11) is 0. The van der Waals surface area contributed by atoms with Crippen LogP contribution in [0.15, 0.2) is 24.3 Å². The SMILES string of the molecule is NN1C(=O)C2Cc3ccccc3CN2C1=O. The van der Waals surface area contributed by atoms with Crippen molar-refractivity contribution in [2.75, 3.05) is 0 Å². The third-order valence-corrected chi connectivity index (χ3v) is 3.22. The summed E-state index contributed by atoms with van der Waals surface area (Å²) in [5.74, 6) is 5.10. The number of hydrogen-bond donors (Lipinski definition) is 1. The zero-order valence-corrected chi connectivity index (χ0v) is 8.59. The Morgan fingerprint density at radius 2 is 1.88 bits per heavy atom. The molecule has 3 amide bonds. The molecule has 0 spiro atoms. The molecule has 0 aromatic heterocycles. The first kappa shape index (κ1) is 9.35. The molecule has 2 aliphatic rings. The van der Waals surface area contributed by atoms with E-state index in [0.717, 1.165) is 16.1 Å². The molecule has 1 aromatic carbocycles. The van der Waals surface area contributed by atoms with Gasteiger partial charge in [-0.2, -0.15) is 5.01 Å². The number of benzene rings is 1. The number of nitrogens with zero attached hydrogens (tertiary/aromatic N) is 2. The fraction of sp³-hybridized carbons (Fsp3) is 0.273. The van der Waals surface area contributed by atoms with Crippen molar-refractivity contribution < 1.29 is 9.59 Å². The molecular formula is C11H11N3O2. The van der Waals surface area contributed by atoms with Crippen molar-refractivity contribution >= 4 is 11.9 Å². The molecule has 5 heteroatoms. The largest absolute Gasteiger partial charge is 0.342 e. The summed E-state index contributed by atoms with van der Waals surface area (Å²) in [6.45, 7) is 0.471. The Balaban J connectivity index is 2.03. The molecule has 1 saturated heterocycles. The van der Waals surface area contributed by atoms with E-state index < -0.39 is 12.1 Å². The fourth-order valence-corrected chi connectivity index (χ4v) is 2.34. The number of amides is 3. The summed E-state index contributed by atoms with van der Waals surface area (Å²) in [6.07, 6.45) is 0.564. The molecule has 5 nitrogen and oxygen atoms in total. The van der Waals surface area contributed by atoms with Crippen LogP contribution in [0.3, 0.4) is 0 Å². The fourth-order valence-electron chi connectivity index (χ4n) is 2.34. The van der Waals surface area contributed by atoms with Crippen LogP contribution in [-0.4, -0.2) is 27.9 Å². The molecule has 16 heavy (non-hydrogen) atoms. The van der Waals surface area contributed by atoms with E-state index >= 15 is 0 Å². The summed E-state index contributed by atoms with van der Waals surface area (Å²) in [5, 5.41) is 0.719. The number of carbonyl (C=O) groups is 2. The lowest BCUT2D eigenvalue weighted by Gasteiger charge is -2.28. The monoisotopic (exact) mass is 217 g/mol. The summed E-state index contributed by atoms with van der Waals surface area (Å²) in [4.78, 5) is 24.9. The van der Waals surface area contributed by atoms with Crippen molar-refractivity contribution in [1.82, 2.24) is 9.91 Å². The first-order valence-electron chi connectivity index (χ1n) is 5.14. The average molecular weight is 217 g/mol. The molecule has 0 bridgehead atoms. The predicted molar refractivity (Wildman–Crippen MR) is 55.9 cm³/mol. The highest BCUT2D eigenvalue weighted by Gasteiger charge is 2.45. The second kappa shape index (κ2) is 3.05. The molecule has 1 aromatic rings. The maximum Gasteiger partial charge on any atom is 0.342 e. The Bertz CT molecular complexity index is 443. The minimum absolute atomic E-state index is 0.306. The van der Waals surface area contributed by atoms with Crippen molar-refractivity contribution in [3.63, 3.8) is 0 Å². The number of hydrazine groups is 1. The van der Waals surface area contributed by atoms with Crippen LogP contribution in [0, 0.1) is 0 Å². The molecule has 1 unspecified atom stereocenters. The quantitative estimate of drug-likeness (QED) is 0.385. The van der Waals surface area contributed by atoms with Gasteiger partial charge in [-0.25, -0.2) is 10.6 Å². The van der Waals surface area contributed by atoms with Crippen molar-refractivity contribution in [3.8, 4) is 0 Å². The highest BCUT2D eigenvalue weighted by atomic mass is 16.2. The Morgan fingerprint density at radius 3 is 2.62 bits per heavy atom. The molecule has 3 rings (SSSR count). The van der Waals surface area contributed by atoms with E-state index in [9.17, 15) is 9.59 Å². The number of fused-ring (bicyclic) bond motifs is 2. The zero-order valence-electron chi connectivity index (χ0n) is 8.59. The molecule has 2 aliphatic heterocycles. The van der Waals surface area contributed by atoms with Crippen LogP contribution in [0.25, 0.3) is 0 Å². The van der Waals surface area contributed by atoms with Crippen molar-refractivity contribution in [1.29, 1.82) is 0 Å². The number of nitrogens with two attached hydrogens (primary N) is 1. The standard InChI is InChI=1S/C11H11N3O2/c12-14-10(15)9-5-7-3-1-2-4-8(7)6-13(9)11(14)16/h1-4,9H,5-6,12H2. The van der Waals surface area contributed by atoms with E-state index in [4.69, 9.17) is 5.84 Å². The van der Waals surface area contributed by atoms with Crippen LogP contribution in [0.1, 0.15) is 11.1 Å². The summed E-state index contributed by atoms with van der Waals surface area (Å²) in [5.41, 5.74) is 2.22. The molecule has 0 radical (unpaired) electrons. The van der Waals surface area contributed by atoms with Crippen LogP contribution in [0.5, 0.6) is 0 Å². The van der Waals surface area contributed by atoms with Gasteiger partial charge in [0, 0.05) is 13.0 Å². The molecule has 2 N–H and O–H groups in total. The van der Waals surface area contributed by atoms with Gasteiger partial charge >= 0.3 is 6.03 Å². The van der Waals surface area contributed by atoms with Crippen molar-refractivity contribution in [2.24, 2.45) is 5.84 Å². The second-order valence-electron chi connectivity index (χ2n) is 4.11. The van der Waals surface area contributed by atoms with E-state index in [0.29, 0.717) is 13.0 Å². The molecule has 1 atom stereocenters. The normalized spacial score (nSPS) is 23.4. The lowest BCUT2D eigenvalue weighted by atomic mass is 9.95. The Kier molecular flexibility index (Phi) is 1.79. The third-order valence-electron chi connectivity index (χ3n) is 3.22. The van der Waals surface area contributed by atoms with Crippen LogP contribution < -0.4 is 5.84 Å². The van der Waals surface area contributed by atoms with Gasteiger partial charge in [0.1, 0.15) is 6.04 Å². The lowest BCUT2D eigenvalue weighted by Crippen LogP contribution is -2.40.